The Labute approximate surface area is 198 Å². The number of aryl methyl sites for hydroxylation is 1. The smallest absolute Gasteiger partial charge is 0.268 e. The number of amides is 2. The lowest BCUT2D eigenvalue weighted by Crippen LogP contribution is -2.48. The summed E-state index contributed by atoms with van der Waals surface area (Å²) in [6.07, 6.45) is 0.647. The van der Waals surface area contributed by atoms with E-state index in [2.05, 4.69) is 6.92 Å². The van der Waals surface area contributed by atoms with Crippen LogP contribution in [0.25, 0.3) is 0 Å². The molecule has 0 aliphatic carbocycles. The standard InChI is InChI=1S/C26H27ClN2O2S/c1-16(2)25(30)29(20-12-10-19(27)11-13-20)23-15-17(3)28(22-8-6-5-7-21(22)23)26(31)24-14-9-18(4)32-24/h5-14,16-17,23H,15H2,1-4H3/t17-,23+/m1/s1. The van der Waals surface area contributed by atoms with E-state index in [1.807, 2.05) is 91.2 Å². The molecule has 1 aliphatic heterocycles. The first kappa shape index (κ1) is 22.6. The molecule has 4 nitrogen and oxygen atoms in total. The number of carbonyl (C=O) groups excluding carboxylic acids is 2. The average Bonchev–Trinajstić information content (AvgIpc) is 3.21. The molecule has 3 aromatic rings. The summed E-state index contributed by atoms with van der Waals surface area (Å²) in [4.78, 5) is 32.5. The second-order valence-electron chi connectivity index (χ2n) is 8.58. The van der Waals surface area contributed by atoms with Crippen molar-refractivity contribution < 1.29 is 9.59 Å². The van der Waals surface area contributed by atoms with Crippen molar-refractivity contribution in [1.82, 2.24) is 0 Å². The van der Waals surface area contributed by atoms with Gasteiger partial charge in [-0.05, 0) is 68.3 Å². The van der Waals surface area contributed by atoms with Gasteiger partial charge in [0.2, 0.25) is 5.91 Å². The molecule has 4 rings (SSSR count). The lowest BCUT2D eigenvalue weighted by Gasteiger charge is -2.44. The molecule has 1 aromatic heterocycles. The molecule has 0 radical (unpaired) electrons. The third kappa shape index (κ3) is 4.19. The highest BCUT2D eigenvalue weighted by molar-refractivity contribution is 7.14. The van der Waals surface area contributed by atoms with Crippen LogP contribution in [0.3, 0.4) is 0 Å². The lowest BCUT2D eigenvalue weighted by atomic mass is 9.89. The Morgan fingerprint density at radius 3 is 2.38 bits per heavy atom. The third-order valence-corrected chi connectivity index (χ3v) is 7.12. The number of fused-ring (bicyclic) bond motifs is 1. The average molecular weight is 467 g/mol. The van der Waals surface area contributed by atoms with Gasteiger partial charge in [0, 0.05) is 33.2 Å². The minimum atomic E-state index is -0.175. The number of benzene rings is 2. The van der Waals surface area contributed by atoms with Crippen LogP contribution in [0.5, 0.6) is 0 Å². The first-order valence-electron chi connectivity index (χ1n) is 10.9. The van der Waals surface area contributed by atoms with Crippen LogP contribution >= 0.6 is 22.9 Å². The van der Waals surface area contributed by atoms with Crippen molar-refractivity contribution in [1.29, 1.82) is 0 Å². The maximum Gasteiger partial charge on any atom is 0.268 e. The van der Waals surface area contributed by atoms with Gasteiger partial charge in [0.1, 0.15) is 0 Å². The number of nitrogens with zero attached hydrogens (tertiary/aromatic N) is 2. The Hall–Kier alpha value is -2.63. The summed E-state index contributed by atoms with van der Waals surface area (Å²) >= 11 is 7.63. The largest absolute Gasteiger partial charge is 0.305 e. The van der Waals surface area contributed by atoms with Gasteiger partial charge < -0.3 is 9.80 Å². The number of hydrogen-bond acceptors (Lipinski definition) is 3. The molecule has 0 saturated heterocycles. The Bertz CT molecular complexity index is 1140. The van der Waals surface area contributed by atoms with Gasteiger partial charge in [-0.25, -0.2) is 0 Å². The molecule has 0 N–H and O–H groups in total. The summed E-state index contributed by atoms with van der Waals surface area (Å²) in [5, 5.41) is 0.631. The predicted molar refractivity (Wildman–Crippen MR) is 133 cm³/mol. The van der Waals surface area contributed by atoms with E-state index in [-0.39, 0.29) is 29.8 Å². The van der Waals surface area contributed by atoms with Gasteiger partial charge in [-0.3, -0.25) is 9.59 Å². The third-order valence-electron chi connectivity index (χ3n) is 5.88. The molecule has 0 bridgehead atoms. The highest BCUT2D eigenvalue weighted by Gasteiger charge is 2.39. The van der Waals surface area contributed by atoms with E-state index in [0.717, 1.165) is 26.7 Å². The highest BCUT2D eigenvalue weighted by Crippen LogP contribution is 2.43. The van der Waals surface area contributed by atoms with Crippen LogP contribution in [0, 0.1) is 12.8 Å². The quantitative estimate of drug-likeness (QED) is 0.420. The Balaban J connectivity index is 1.80. The molecule has 2 atom stereocenters. The van der Waals surface area contributed by atoms with Crippen molar-refractivity contribution in [3.8, 4) is 0 Å². The highest BCUT2D eigenvalue weighted by atomic mass is 35.5. The monoisotopic (exact) mass is 466 g/mol. The molecule has 166 valence electrons. The van der Waals surface area contributed by atoms with Crippen molar-refractivity contribution >= 4 is 46.1 Å². The van der Waals surface area contributed by atoms with E-state index in [4.69, 9.17) is 11.6 Å². The molecule has 2 aromatic carbocycles. The molecule has 0 saturated carbocycles. The van der Waals surface area contributed by atoms with Crippen LogP contribution in [-0.4, -0.2) is 17.9 Å². The molecular formula is C26H27ClN2O2S. The molecule has 2 amide bonds. The summed E-state index contributed by atoms with van der Waals surface area (Å²) in [6.45, 7) is 7.89. The normalized spacial score (nSPS) is 17.9. The van der Waals surface area contributed by atoms with E-state index in [1.54, 1.807) is 0 Å². The molecule has 1 aliphatic rings. The van der Waals surface area contributed by atoms with Crippen LogP contribution < -0.4 is 9.80 Å². The van der Waals surface area contributed by atoms with Gasteiger partial charge in [0.15, 0.2) is 0 Å². The molecule has 0 spiro atoms. The van der Waals surface area contributed by atoms with Crippen LogP contribution in [-0.2, 0) is 4.79 Å². The fourth-order valence-corrected chi connectivity index (χ4v) is 5.28. The van der Waals surface area contributed by atoms with E-state index < -0.39 is 0 Å². The molecule has 6 heteroatoms. The van der Waals surface area contributed by atoms with Gasteiger partial charge in [0.25, 0.3) is 5.91 Å². The van der Waals surface area contributed by atoms with Crippen molar-refractivity contribution in [2.45, 2.75) is 46.2 Å². The topological polar surface area (TPSA) is 40.6 Å². The van der Waals surface area contributed by atoms with Crippen molar-refractivity contribution in [2.75, 3.05) is 9.80 Å². The second kappa shape index (κ2) is 9.08. The molecular weight excluding hydrogens is 440 g/mol. The maximum atomic E-state index is 13.5. The van der Waals surface area contributed by atoms with Crippen LogP contribution in [0.2, 0.25) is 5.02 Å². The minimum absolute atomic E-state index is 0.00901. The number of anilines is 2. The number of carbonyl (C=O) groups is 2. The summed E-state index contributed by atoms with van der Waals surface area (Å²) in [6, 6.07) is 19.0. The predicted octanol–water partition coefficient (Wildman–Crippen LogP) is 6.88. The van der Waals surface area contributed by atoms with Gasteiger partial charge in [-0.15, -0.1) is 11.3 Å². The number of para-hydroxylation sites is 1. The van der Waals surface area contributed by atoms with Crippen LogP contribution in [0.15, 0.2) is 60.7 Å². The Kier molecular flexibility index (Phi) is 6.40. The van der Waals surface area contributed by atoms with Crippen LogP contribution in [0.4, 0.5) is 11.4 Å². The summed E-state index contributed by atoms with van der Waals surface area (Å²) in [5.41, 5.74) is 2.66. The first-order valence-corrected chi connectivity index (χ1v) is 12.0. The number of rotatable bonds is 4. The van der Waals surface area contributed by atoms with Crippen molar-refractivity contribution in [3.05, 3.63) is 81.0 Å². The zero-order valence-corrected chi connectivity index (χ0v) is 20.3. The zero-order valence-electron chi connectivity index (χ0n) is 18.7. The zero-order chi connectivity index (χ0) is 23.0. The molecule has 2 heterocycles. The lowest BCUT2D eigenvalue weighted by molar-refractivity contribution is -0.122. The van der Waals surface area contributed by atoms with E-state index in [1.165, 1.54) is 11.3 Å². The molecule has 0 fully saturated rings. The van der Waals surface area contributed by atoms with E-state index in [9.17, 15) is 9.59 Å². The molecule has 32 heavy (non-hydrogen) atoms. The van der Waals surface area contributed by atoms with Gasteiger partial charge in [0.05, 0.1) is 10.9 Å². The molecule has 0 unspecified atom stereocenters. The summed E-state index contributed by atoms with van der Waals surface area (Å²) in [7, 11) is 0. The number of thiophene rings is 1. The Morgan fingerprint density at radius 2 is 1.75 bits per heavy atom. The first-order chi connectivity index (χ1) is 15.3. The summed E-state index contributed by atoms with van der Waals surface area (Å²) in [5.74, 6) is -0.107. The summed E-state index contributed by atoms with van der Waals surface area (Å²) < 4.78 is 0. The van der Waals surface area contributed by atoms with Crippen LogP contribution in [0.1, 0.15) is 53.3 Å². The van der Waals surface area contributed by atoms with Crippen molar-refractivity contribution in [2.24, 2.45) is 5.92 Å². The van der Waals surface area contributed by atoms with E-state index in [0.29, 0.717) is 11.4 Å². The fourth-order valence-electron chi connectivity index (χ4n) is 4.34. The Morgan fingerprint density at radius 1 is 1.06 bits per heavy atom. The van der Waals surface area contributed by atoms with E-state index >= 15 is 0 Å². The number of halogens is 1. The van der Waals surface area contributed by atoms with Gasteiger partial charge >= 0.3 is 0 Å². The fraction of sp³-hybridized carbons (Fsp3) is 0.308. The van der Waals surface area contributed by atoms with Gasteiger partial charge in [-0.2, -0.15) is 0 Å². The van der Waals surface area contributed by atoms with Gasteiger partial charge in [-0.1, -0.05) is 43.6 Å². The maximum absolute atomic E-state index is 13.5. The second-order valence-corrected chi connectivity index (χ2v) is 10.3. The van der Waals surface area contributed by atoms with Crippen molar-refractivity contribution in [3.63, 3.8) is 0 Å². The number of hydrogen-bond donors (Lipinski definition) is 0. The SMILES string of the molecule is Cc1ccc(C(=O)N2c3ccccc3[C@@H](N(C(=O)C(C)C)c3ccc(Cl)cc3)C[C@H]2C)s1. The minimum Gasteiger partial charge on any atom is -0.305 e.